The highest BCUT2D eigenvalue weighted by Crippen LogP contribution is 2.46. The predicted molar refractivity (Wildman–Crippen MR) is 53.5 cm³/mol. The summed E-state index contributed by atoms with van der Waals surface area (Å²) in [6.07, 6.45) is 1.59. The monoisotopic (exact) mass is 195 g/mol. The van der Waals surface area contributed by atoms with Crippen molar-refractivity contribution in [1.29, 1.82) is 0 Å². The molecule has 0 aromatic carbocycles. The van der Waals surface area contributed by atoms with Crippen molar-refractivity contribution in [3.63, 3.8) is 0 Å². The van der Waals surface area contributed by atoms with Gasteiger partial charge >= 0.3 is 0 Å². The highest BCUT2D eigenvalue weighted by Gasteiger charge is 2.55. The molecule has 3 atom stereocenters. The molecule has 0 amide bonds. The molecule has 3 nitrogen and oxygen atoms in total. The van der Waals surface area contributed by atoms with Crippen molar-refractivity contribution in [3.05, 3.63) is 0 Å². The van der Waals surface area contributed by atoms with E-state index in [9.17, 15) is 10.2 Å². The molecule has 78 valence electrons. The van der Waals surface area contributed by atoms with Crippen molar-refractivity contribution in [2.24, 2.45) is 5.92 Å². The molecule has 0 aromatic rings. The van der Waals surface area contributed by atoms with E-state index in [0.717, 1.165) is 19.3 Å². The Bertz CT molecular complexity index is 275. The summed E-state index contributed by atoms with van der Waals surface area (Å²) in [5.41, 5.74) is 0.0147. The second-order valence-corrected chi connectivity index (χ2v) is 4.25. The summed E-state index contributed by atoms with van der Waals surface area (Å²) in [5.74, 6) is 5.99. The molecule has 2 rings (SSSR count). The molecular weight excluding hydrogens is 178 g/mol. The van der Waals surface area contributed by atoms with E-state index in [1.165, 1.54) is 0 Å². The predicted octanol–water partition coefficient (Wildman–Crippen LogP) is -0.126. The van der Waals surface area contributed by atoms with Crippen molar-refractivity contribution in [3.8, 4) is 11.8 Å². The lowest BCUT2D eigenvalue weighted by Gasteiger charge is -2.37. The highest BCUT2D eigenvalue weighted by atomic mass is 16.3. The molecule has 1 saturated heterocycles. The highest BCUT2D eigenvalue weighted by molar-refractivity contribution is 5.23. The maximum atomic E-state index is 9.85. The van der Waals surface area contributed by atoms with E-state index in [-0.39, 0.29) is 11.5 Å². The van der Waals surface area contributed by atoms with Gasteiger partial charge in [-0.15, -0.1) is 5.92 Å². The SMILES string of the molecule is CCC#CC1C(O)C(O)CNC12CC2. The average Bonchev–Trinajstić information content (AvgIpc) is 2.94. The maximum absolute atomic E-state index is 9.85. The number of β-amino-alcohol motifs (C(OH)–C–C–N with tert-alkyl or cyclic N) is 1. The number of hydrogen-bond acceptors (Lipinski definition) is 3. The van der Waals surface area contributed by atoms with Gasteiger partial charge in [0.2, 0.25) is 0 Å². The number of nitrogens with one attached hydrogen (secondary N) is 1. The topological polar surface area (TPSA) is 52.5 Å². The van der Waals surface area contributed by atoms with E-state index in [4.69, 9.17) is 0 Å². The molecule has 1 saturated carbocycles. The fourth-order valence-corrected chi connectivity index (χ4v) is 2.15. The zero-order valence-corrected chi connectivity index (χ0v) is 8.45. The number of hydrogen-bond donors (Lipinski definition) is 3. The lowest BCUT2D eigenvalue weighted by atomic mass is 9.85. The third-order valence-corrected chi connectivity index (χ3v) is 3.22. The van der Waals surface area contributed by atoms with Gasteiger partial charge < -0.3 is 15.5 Å². The van der Waals surface area contributed by atoms with Crippen LogP contribution in [0.25, 0.3) is 0 Å². The Labute approximate surface area is 84.5 Å². The summed E-state index contributed by atoms with van der Waals surface area (Å²) >= 11 is 0. The number of rotatable bonds is 0. The first-order valence-electron chi connectivity index (χ1n) is 5.29. The van der Waals surface area contributed by atoms with E-state index >= 15 is 0 Å². The largest absolute Gasteiger partial charge is 0.389 e. The molecule has 2 fully saturated rings. The molecule has 3 unspecified atom stereocenters. The van der Waals surface area contributed by atoms with Gasteiger partial charge in [0.15, 0.2) is 0 Å². The molecule has 3 heteroatoms. The Morgan fingerprint density at radius 3 is 2.71 bits per heavy atom. The molecule has 2 aliphatic rings. The third kappa shape index (κ3) is 1.54. The van der Waals surface area contributed by atoms with Crippen LogP contribution in [0.4, 0.5) is 0 Å². The van der Waals surface area contributed by atoms with Crippen LogP contribution < -0.4 is 5.32 Å². The van der Waals surface area contributed by atoms with Gasteiger partial charge in [0, 0.05) is 18.5 Å². The van der Waals surface area contributed by atoms with E-state index < -0.39 is 12.2 Å². The Hall–Kier alpha value is -0.560. The van der Waals surface area contributed by atoms with Gasteiger partial charge in [0.25, 0.3) is 0 Å². The van der Waals surface area contributed by atoms with Crippen molar-refractivity contribution < 1.29 is 10.2 Å². The zero-order valence-electron chi connectivity index (χ0n) is 8.45. The van der Waals surface area contributed by atoms with E-state index in [0.29, 0.717) is 6.54 Å². The van der Waals surface area contributed by atoms with Crippen molar-refractivity contribution in [2.75, 3.05) is 6.54 Å². The molecule has 0 radical (unpaired) electrons. The van der Waals surface area contributed by atoms with Gasteiger partial charge in [0.05, 0.1) is 18.1 Å². The van der Waals surface area contributed by atoms with Gasteiger partial charge in [-0.3, -0.25) is 0 Å². The lowest BCUT2D eigenvalue weighted by Crippen LogP contribution is -2.57. The molecule has 1 aliphatic heterocycles. The average molecular weight is 195 g/mol. The minimum atomic E-state index is -0.683. The van der Waals surface area contributed by atoms with Gasteiger partial charge in [-0.2, -0.15) is 0 Å². The van der Waals surface area contributed by atoms with Gasteiger partial charge in [-0.25, -0.2) is 0 Å². The van der Waals surface area contributed by atoms with Crippen LogP contribution in [0.5, 0.6) is 0 Å². The smallest absolute Gasteiger partial charge is 0.0966 e. The third-order valence-electron chi connectivity index (χ3n) is 3.22. The van der Waals surface area contributed by atoms with Gasteiger partial charge in [0.1, 0.15) is 0 Å². The summed E-state index contributed by atoms with van der Waals surface area (Å²) in [4.78, 5) is 0. The molecule has 14 heavy (non-hydrogen) atoms. The van der Waals surface area contributed by atoms with E-state index in [1.807, 2.05) is 6.92 Å². The standard InChI is InChI=1S/C11H17NO2/c1-2-3-4-8-10(14)9(13)7-12-11(8)5-6-11/h8-10,12-14H,2,5-7H2,1H3. The Balaban J connectivity index is 2.14. The fourth-order valence-electron chi connectivity index (χ4n) is 2.15. The first-order valence-corrected chi connectivity index (χ1v) is 5.29. The number of piperidine rings is 1. The zero-order chi connectivity index (χ0) is 10.2. The summed E-state index contributed by atoms with van der Waals surface area (Å²) in [6, 6.07) is 0. The van der Waals surface area contributed by atoms with Crippen LogP contribution in [0.15, 0.2) is 0 Å². The summed E-state index contributed by atoms with van der Waals surface area (Å²) < 4.78 is 0. The van der Waals surface area contributed by atoms with Crippen LogP contribution in [-0.2, 0) is 0 Å². The van der Waals surface area contributed by atoms with Crippen LogP contribution in [-0.4, -0.2) is 34.5 Å². The fraction of sp³-hybridized carbons (Fsp3) is 0.818. The second kappa shape index (κ2) is 3.54. The van der Waals surface area contributed by atoms with Gasteiger partial charge in [-0.1, -0.05) is 12.8 Å². The van der Waals surface area contributed by atoms with Crippen LogP contribution in [0.2, 0.25) is 0 Å². The Morgan fingerprint density at radius 2 is 2.14 bits per heavy atom. The van der Waals surface area contributed by atoms with Crippen molar-refractivity contribution >= 4 is 0 Å². The molecule has 0 aromatic heterocycles. The van der Waals surface area contributed by atoms with E-state index in [2.05, 4.69) is 17.2 Å². The summed E-state index contributed by atoms with van der Waals surface area (Å²) in [5, 5.41) is 22.7. The van der Waals surface area contributed by atoms with Crippen LogP contribution in [0.1, 0.15) is 26.2 Å². The molecule has 1 heterocycles. The first-order chi connectivity index (χ1) is 6.69. The Kier molecular flexibility index (Phi) is 2.52. The van der Waals surface area contributed by atoms with Crippen LogP contribution in [0, 0.1) is 17.8 Å². The summed E-state index contributed by atoms with van der Waals surface area (Å²) in [6.45, 7) is 2.48. The minimum Gasteiger partial charge on any atom is -0.389 e. The molecule has 1 spiro atoms. The van der Waals surface area contributed by atoms with Crippen molar-refractivity contribution in [2.45, 2.75) is 43.9 Å². The molecular formula is C11H17NO2. The van der Waals surface area contributed by atoms with Crippen LogP contribution in [0.3, 0.4) is 0 Å². The summed E-state index contributed by atoms with van der Waals surface area (Å²) in [7, 11) is 0. The lowest BCUT2D eigenvalue weighted by molar-refractivity contribution is -0.0393. The second-order valence-electron chi connectivity index (χ2n) is 4.25. The van der Waals surface area contributed by atoms with Crippen LogP contribution >= 0.6 is 0 Å². The molecule has 3 N–H and O–H groups in total. The Morgan fingerprint density at radius 1 is 1.43 bits per heavy atom. The first kappa shape index (κ1) is 9.97. The number of aliphatic hydroxyl groups excluding tert-OH is 2. The maximum Gasteiger partial charge on any atom is 0.0966 e. The van der Waals surface area contributed by atoms with Gasteiger partial charge in [-0.05, 0) is 12.8 Å². The van der Waals surface area contributed by atoms with E-state index in [1.54, 1.807) is 0 Å². The van der Waals surface area contributed by atoms with Crippen molar-refractivity contribution in [1.82, 2.24) is 5.32 Å². The molecule has 1 aliphatic carbocycles. The molecule has 0 bridgehead atoms. The quantitative estimate of drug-likeness (QED) is 0.472. The normalized spacial score (nSPS) is 38.9. The minimum absolute atomic E-state index is 0.0147. The number of aliphatic hydroxyl groups is 2.